The summed E-state index contributed by atoms with van der Waals surface area (Å²) in [5, 5.41) is 6.28. The van der Waals surface area contributed by atoms with Crippen LogP contribution in [0, 0.1) is 11.6 Å². The van der Waals surface area contributed by atoms with Gasteiger partial charge in [0.1, 0.15) is 23.7 Å². The van der Waals surface area contributed by atoms with E-state index >= 15 is 0 Å². The van der Waals surface area contributed by atoms with Crippen molar-refractivity contribution < 1.29 is 32.4 Å². The number of ether oxygens (including phenoxy) is 2. The van der Waals surface area contributed by atoms with Crippen molar-refractivity contribution in [3.8, 4) is 22.9 Å². The molecule has 1 aliphatic heterocycles. The predicted molar refractivity (Wildman–Crippen MR) is 106 cm³/mol. The second-order valence-electron chi connectivity index (χ2n) is 7.15. The van der Waals surface area contributed by atoms with Crippen LogP contribution in [0.2, 0.25) is 0 Å². The molecule has 11 heteroatoms. The van der Waals surface area contributed by atoms with Crippen molar-refractivity contribution >= 4 is 11.9 Å². The van der Waals surface area contributed by atoms with Crippen LogP contribution in [0.3, 0.4) is 0 Å². The number of urea groups is 1. The molecule has 1 fully saturated rings. The van der Waals surface area contributed by atoms with Crippen LogP contribution in [0.1, 0.15) is 18.4 Å². The van der Waals surface area contributed by atoms with E-state index in [-0.39, 0.29) is 23.8 Å². The zero-order valence-corrected chi connectivity index (χ0v) is 17.3. The van der Waals surface area contributed by atoms with Crippen molar-refractivity contribution in [2.24, 2.45) is 0 Å². The first-order valence-electron chi connectivity index (χ1n) is 9.41. The number of aromatic nitrogens is 2. The third-order valence-corrected chi connectivity index (χ3v) is 5.15. The molecule has 3 aromatic rings. The second-order valence-corrected chi connectivity index (χ2v) is 7.15. The Morgan fingerprint density at radius 3 is 2.56 bits per heavy atom. The van der Waals surface area contributed by atoms with E-state index in [0.29, 0.717) is 17.1 Å². The molecule has 2 heterocycles. The Bertz CT molecular complexity index is 1210. The van der Waals surface area contributed by atoms with Crippen molar-refractivity contribution in [1.29, 1.82) is 0 Å². The van der Waals surface area contributed by atoms with Gasteiger partial charge in [-0.15, -0.1) is 0 Å². The summed E-state index contributed by atoms with van der Waals surface area (Å²) >= 11 is 0. The zero-order chi connectivity index (χ0) is 23.0. The topological polar surface area (TPSA) is 107 Å². The quantitative estimate of drug-likeness (QED) is 0.583. The number of nitrogens with zero attached hydrogens (tertiary/aromatic N) is 3. The number of amides is 3. The average Bonchev–Trinajstić information content (AvgIpc) is 3.34. The Morgan fingerprint density at radius 2 is 1.84 bits per heavy atom. The number of rotatable bonds is 6. The van der Waals surface area contributed by atoms with E-state index in [1.807, 2.05) is 0 Å². The minimum atomic E-state index is -1.78. The lowest BCUT2D eigenvalue weighted by Crippen LogP contribution is -2.41. The molecule has 2 aromatic carbocycles. The summed E-state index contributed by atoms with van der Waals surface area (Å²) in [5.74, 6) is -1.19. The highest BCUT2D eigenvalue weighted by Crippen LogP contribution is 2.33. The molecule has 1 N–H and O–H groups in total. The molecular weight excluding hydrogens is 426 g/mol. The minimum absolute atomic E-state index is 0.0257. The van der Waals surface area contributed by atoms with E-state index in [1.165, 1.54) is 21.1 Å². The summed E-state index contributed by atoms with van der Waals surface area (Å²) in [6.45, 7) is 0.950. The molecule has 4 rings (SSSR count). The fourth-order valence-electron chi connectivity index (χ4n) is 3.45. The van der Waals surface area contributed by atoms with Gasteiger partial charge in [-0.2, -0.15) is 4.98 Å². The lowest BCUT2D eigenvalue weighted by molar-refractivity contribution is -0.131. The van der Waals surface area contributed by atoms with Gasteiger partial charge in [0.25, 0.3) is 5.91 Å². The monoisotopic (exact) mass is 444 g/mol. The molecule has 1 aliphatic rings. The maximum absolute atomic E-state index is 14.3. The number of hydrogen-bond donors (Lipinski definition) is 1. The van der Waals surface area contributed by atoms with Gasteiger partial charge in [0.2, 0.25) is 11.7 Å². The number of carbonyl (C=O) groups is 2. The highest BCUT2D eigenvalue weighted by Gasteiger charge is 2.50. The summed E-state index contributed by atoms with van der Waals surface area (Å²) in [4.78, 5) is 30.4. The molecule has 166 valence electrons. The van der Waals surface area contributed by atoms with Crippen LogP contribution in [0.5, 0.6) is 11.5 Å². The lowest BCUT2D eigenvalue weighted by atomic mass is 9.91. The summed E-state index contributed by atoms with van der Waals surface area (Å²) < 4.78 is 43.6. The van der Waals surface area contributed by atoms with Gasteiger partial charge in [-0.1, -0.05) is 5.16 Å². The van der Waals surface area contributed by atoms with Crippen molar-refractivity contribution in [1.82, 2.24) is 20.4 Å². The smallest absolute Gasteiger partial charge is 0.325 e. The van der Waals surface area contributed by atoms with Crippen LogP contribution < -0.4 is 14.8 Å². The van der Waals surface area contributed by atoms with Crippen molar-refractivity contribution in [2.45, 2.75) is 19.0 Å². The molecule has 0 spiro atoms. The van der Waals surface area contributed by atoms with Gasteiger partial charge < -0.3 is 19.3 Å². The number of carbonyl (C=O) groups excluding carboxylic acids is 2. The summed E-state index contributed by atoms with van der Waals surface area (Å²) in [5.41, 5.74) is -1.51. The highest BCUT2D eigenvalue weighted by molar-refractivity contribution is 6.07. The molecule has 32 heavy (non-hydrogen) atoms. The first kappa shape index (κ1) is 21.2. The molecule has 1 atom stereocenters. The molecular formula is C21H18F2N4O5. The zero-order valence-electron chi connectivity index (χ0n) is 17.3. The maximum Gasteiger partial charge on any atom is 0.325 e. The molecule has 0 saturated carbocycles. The molecule has 1 saturated heterocycles. The van der Waals surface area contributed by atoms with Gasteiger partial charge >= 0.3 is 6.03 Å². The lowest BCUT2D eigenvalue weighted by Gasteiger charge is -2.22. The predicted octanol–water partition coefficient (Wildman–Crippen LogP) is 3.00. The SMILES string of the molecule is COc1ccc(-c2noc(CN3C(=O)NC(C)(c4cc(F)ccc4F)C3=O)n2)cc1OC. The number of hydrogen-bond acceptors (Lipinski definition) is 7. The van der Waals surface area contributed by atoms with Crippen LogP contribution in [-0.4, -0.2) is 41.2 Å². The van der Waals surface area contributed by atoms with E-state index in [4.69, 9.17) is 14.0 Å². The highest BCUT2D eigenvalue weighted by atomic mass is 19.1. The average molecular weight is 444 g/mol. The molecule has 0 bridgehead atoms. The summed E-state index contributed by atoms with van der Waals surface area (Å²) in [7, 11) is 2.99. The van der Waals surface area contributed by atoms with Crippen LogP contribution >= 0.6 is 0 Å². The second kappa shape index (κ2) is 7.91. The standard InChI is InChI=1S/C21H18F2N4O5/c1-21(13-9-12(22)5-6-14(13)23)19(28)27(20(29)25-21)10-17-24-18(26-32-17)11-4-7-15(30-2)16(8-11)31-3/h4-9H,10H2,1-3H3,(H,25,29). The van der Waals surface area contributed by atoms with E-state index < -0.39 is 29.1 Å². The third-order valence-electron chi connectivity index (χ3n) is 5.15. The van der Waals surface area contributed by atoms with E-state index in [0.717, 1.165) is 23.1 Å². The van der Waals surface area contributed by atoms with Gasteiger partial charge in [0, 0.05) is 11.1 Å². The van der Waals surface area contributed by atoms with Crippen LogP contribution in [-0.2, 0) is 16.9 Å². The number of methoxy groups -OCH3 is 2. The van der Waals surface area contributed by atoms with Gasteiger partial charge in [0.15, 0.2) is 11.5 Å². The van der Waals surface area contributed by atoms with Gasteiger partial charge in [-0.25, -0.2) is 13.6 Å². The van der Waals surface area contributed by atoms with E-state index in [2.05, 4.69) is 15.5 Å². The number of benzene rings is 2. The van der Waals surface area contributed by atoms with Gasteiger partial charge in [-0.05, 0) is 43.3 Å². The van der Waals surface area contributed by atoms with Crippen molar-refractivity contribution in [3.63, 3.8) is 0 Å². The van der Waals surface area contributed by atoms with Crippen molar-refractivity contribution in [3.05, 3.63) is 59.5 Å². The summed E-state index contributed by atoms with van der Waals surface area (Å²) in [6, 6.07) is 6.89. The van der Waals surface area contributed by atoms with E-state index in [1.54, 1.807) is 18.2 Å². The molecule has 1 aromatic heterocycles. The number of imide groups is 1. The Hall–Kier alpha value is -4.02. The Balaban J connectivity index is 1.58. The first-order chi connectivity index (χ1) is 15.3. The van der Waals surface area contributed by atoms with Crippen molar-refractivity contribution in [2.75, 3.05) is 14.2 Å². The van der Waals surface area contributed by atoms with Gasteiger partial charge in [-0.3, -0.25) is 9.69 Å². The normalized spacial score (nSPS) is 18.1. The molecule has 1 unspecified atom stereocenters. The first-order valence-corrected chi connectivity index (χ1v) is 9.41. The fraction of sp³-hybridized carbons (Fsp3) is 0.238. The Labute approximate surface area is 180 Å². The third kappa shape index (κ3) is 3.51. The fourth-order valence-corrected chi connectivity index (χ4v) is 3.45. The number of halogens is 2. The Kier molecular flexibility index (Phi) is 5.25. The molecule has 0 radical (unpaired) electrons. The van der Waals surface area contributed by atoms with Crippen LogP contribution in [0.15, 0.2) is 40.9 Å². The minimum Gasteiger partial charge on any atom is -0.493 e. The summed E-state index contributed by atoms with van der Waals surface area (Å²) in [6.07, 6.45) is 0. The maximum atomic E-state index is 14.3. The number of nitrogens with one attached hydrogen (secondary N) is 1. The van der Waals surface area contributed by atoms with E-state index in [9.17, 15) is 18.4 Å². The molecule has 9 nitrogen and oxygen atoms in total. The molecule has 3 amide bonds. The molecule has 0 aliphatic carbocycles. The largest absolute Gasteiger partial charge is 0.493 e. The van der Waals surface area contributed by atoms with Crippen LogP contribution in [0.25, 0.3) is 11.4 Å². The van der Waals surface area contributed by atoms with Gasteiger partial charge in [0.05, 0.1) is 14.2 Å². The van der Waals surface area contributed by atoms with Crippen LogP contribution in [0.4, 0.5) is 13.6 Å². The Morgan fingerprint density at radius 1 is 1.09 bits per heavy atom.